The van der Waals surface area contributed by atoms with Crippen LogP contribution in [-0.4, -0.2) is 20.2 Å². The molecular formula is C13H21NO2S. The first-order chi connectivity index (χ1) is 7.95. The minimum absolute atomic E-state index is 0.150. The lowest BCUT2D eigenvalue weighted by Gasteiger charge is -2.06. The van der Waals surface area contributed by atoms with Gasteiger partial charge >= 0.3 is 0 Å². The molecule has 1 rings (SSSR count). The van der Waals surface area contributed by atoms with Gasteiger partial charge in [0.1, 0.15) is 0 Å². The van der Waals surface area contributed by atoms with Crippen molar-refractivity contribution in [2.24, 2.45) is 5.73 Å². The molecule has 1 atom stereocenters. The highest BCUT2D eigenvalue weighted by Gasteiger charge is 2.10. The molecule has 3 nitrogen and oxygen atoms in total. The minimum Gasteiger partial charge on any atom is -0.328 e. The Morgan fingerprint density at radius 2 is 1.82 bits per heavy atom. The number of sulfone groups is 1. The van der Waals surface area contributed by atoms with E-state index in [2.05, 4.69) is 0 Å². The van der Waals surface area contributed by atoms with Crippen molar-refractivity contribution in [3.05, 3.63) is 29.8 Å². The fraction of sp³-hybridized carbons (Fsp3) is 0.538. The first-order valence-electron chi connectivity index (χ1n) is 6.03. The smallest absolute Gasteiger partial charge is 0.178 e. The van der Waals surface area contributed by atoms with Gasteiger partial charge in [0.05, 0.1) is 10.6 Å². The molecule has 4 heteroatoms. The van der Waals surface area contributed by atoms with Crippen LogP contribution in [-0.2, 0) is 16.3 Å². The summed E-state index contributed by atoms with van der Waals surface area (Å²) in [6, 6.07) is 7.41. The Labute approximate surface area is 104 Å². The molecule has 0 amide bonds. The van der Waals surface area contributed by atoms with Crippen molar-refractivity contribution in [3.8, 4) is 0 Å². The normalized spacial score (nSPS) is 13.6. The fourth-order valence-corrected chi connectivity index (χ4v) is 2.54. The van der Waals surface area contributed by atoms with Crippen LogP contribution < -0.4 is 5.73 Å². The molecule has 1 unspecified atom stereocenters. The van der Waals surface area contributed by atoms with Crippen LogP contribution in [0.25, 0.3) is 0 Å². The third-order valence-corrected chi connectivity index (χ3v) is 4.54. The zero-order chi connectivity index (χ0) is 12.9. The van der Waals surface area contributed by atoms with Gasteiger partial charge in [-0.1, -0.05) is 19.1 Å². The third kappa shape index (κ3) is 4.48. The zero-order valence-corrected chi connectivity index (χ0v) is 11.3. The van der Waals surface area contributed by atoms with Gasteiger partial charge < -0.3 is 5.73 Å². The highest BCUT2D eigenvalue weighted by Crippen LogP contribution is 2.14. The third-order valence-electron chi connectivity index (χ3n) is 2.79. The van der Waals surface area contributed by atoms with Crippen molar-refractivity contribution in [2.75, 3.05) is 5.75 Å². The van der Waals surface area contributed by atoms with Crippen molar-refractivity contribution in [2.45, 2.75) is 44.0 Å². The van der Waals surface area contributed by atoms with Gasteiger partial charge in [0, 0.05) is 6.04 Å². The van der Waals surface area contributed by atoms with Crippen LogP contribution in [0.15, 0.2) is 29.2 Å². The van der Waals surface area contributed by atoms with Crippen LogP contribution in [0.5, 0.6) is 0 Å². The number of benzene rings is 1. The summed E-state index contributed by atoms with van der Waals surface area (Å²) < 4.78 is 23.2. The minimum atomic E-state index is -3.07. The Bertz CT molecular complexity index is 435. The molecule has 0 spiro atoms. The van der Waals surface area contributed by atoms with Crippen LogP contribution in [0.2, 0.25) is 0 Å². The van der Waals surface area contributed by atoms with Crippen LogP contribution >= 0.6 is 0 Å². The first kappa shape index (κ1) is 14.2. The van der Waals surface area contributed by atoms with Crippen molar-refractivity contribution >= 4 is 9.84 Å². The largest absolute Gasteiger partial charge is 0.328 e. The van der Waals surface area contributed by atoms with Crippen LogP contribution in [0.4, 0.5) is 0 Å². The van der Waals surface area contributed by atoms with E-state index in [-0.39, 0.29) is 11.8 Å². The molecule has 0 aromatic heterocycles. The zero-order valence-electron chi connectivity index (χ0n) is 10.5. The molecule has 0 saturated carbocycles. The van der Waals surface area contributed by atoms with E-state index >= 15 is 0 Å². The molecule has 0 aliphatic heterocycles. The van der Waals surface area contributed by atoms with Gasteiger partial charge in [-0.15, -0.1) is 0 Å². The van der Waals surface area contributed by atoms with Gasteiger partial charge in [-0.25, -0.2) is 8.42 Å². The monoisotopic (exact) mass is 255 g/mol. The summed E-state index contributed by atoms with van der Waals surface area (Å²) in [6.07, 6.45) is 2.99. The summed E-state index contributed by atoms with van der Waals surface area (Å²) in [4.78, 5) is 0.413. The highest BCUT2D eigenvalue weighted by atomic mass is 32.2. The van der Waals surface area contributed by atoms with Crippen molar-refractivity contribution in [1.29, 1.82) is 0 Å². The van der Waals surface area contributed by atoms with E-state index in [1.165, 1.54) is 5.56 Å². The molecule has 0 bridgehead atoms. The lowest BCUT2D eigenvalue weighted by molar-refractivity contribution is 0.597. The number of aryl methyl sites for hydroxylation is 1. The van der Waals surface area contributed by atoms with Gasteiger partial charge in [0.2, 0.25) is 0 Å². The fourth-order valence-electron chi connectivity index (χ4n) is 1.66. The highest BCUT2D eigenvalue weighted by molar-refractivity contribution is 7.91. The van der Waals surface area contributed by atoms with Gasteiger partial charge in [0.15, 0.2) is 9.84 Å². The Kier molecular flexibility index (Phi) is 5.15. The van der Waals surface area contributed by atoms with E-state index in [1.54, 1.807) is 19.1 Å². The van der Waals surface area contributed by atoms with Gasteiger partial charge in [-0.05, 0) is 43.9 Å². The van der Waals surface area contributed by atoms with E-state index in [0.717, 1.165) is 19.3 Å². The summed E-state index contributed by atoms with van der Waals surface area (Å²) in [6.45, 7) is 3.66. The van der Waals surface area contributed by atoms with Gasteiger partial charge in [0.25, 0.3) is 0 Å². The summed E-state index contributed by atoms with van der Waals surface area (Å²) in [5.74, 6) is 0.150. The maximum Gasteiger partial charge on any atom is 0.178 e. The topological polar surface area (TPSA) is 60.2 Å². The van der Waals surface area contributed by atoms with E-state index in [1.807, 2.05) is 19.1 Å². The van der Waals surface area contributed by atoms with Crippen molar-refractivity contribution in [3.63, 3.8) is 0 Å². The predicted octanol–water partition coefficient (Wildman–Crippen LogP) is 2.15. The molecule has 0 saturated heterocycles. The van der Waals surface area contributed by atoms with Crippen LogP contribution in [0, 0.1) is 0 Å². The molecule has 1 aromatic carbocycles. The Morgan fingerprint density at radius 1 is 1.24 bits per heavy atom. The van der Waals surface area contributed by atoms with E-state index < -0.39 is 9.84 Å². The average molecular weight is 255 g/mol. The molecule has 0 radical (unpaired) electrons. The summed E-state index contributed by atoms with van der Waals surface area (Å²) in [5.41, 5.74) is 6.84. The summed E-state index contributed by atoms with van der Waals surface area (Å²) in [7, 11) is -3.07. The predicted molar refractivity (Wildman–Crippen MR) is 70.8 cm³/mol. The SMILES string of the molecule is CCS(=O)(=O)c1ccc(CCCC(C)N)cc1. The van der Waals surface area contributed by atoms with Crippen LogP contribution in [0.1, 0.15) is 32.3 Å². The van der Waals surface area contributed by atoms with Crippen LogP contribution in [0.3, 0.4) is 0 Å². The number of nitrogens with two attached hydrogens (primary N) is 1. The first-order valence-corrected chi connectivity index (χ1v) is 7.68. The molecule has 96 valence electrons. The Balaban J connectivity index is 2.63. The lowest BCUT2D eigenvalue weighted by Crippen LogP contribution is -2.14. The second-order valence-electron chi connectivity index (χ2n) is 4.42. The lowest BCUT2D eigenvalue weighted by atomic mass is 10.1. The molecule has 2 N–H and O–H groups in total. The van der Waals surface area contributed by atoms with Crippen molar-refractivity contribution in [1.82, 2.24) is 0 Å². The second kappa shape index (κ2) is 6.17. The number of hydrogen-bond donors (Lipinski definition) is 1. The molecular weight excluding hydrogens is 234 g/mol. The standard InChI is InChI=1S/C13H21NO2S/c1-3-17(15,16)13-9-7-12(8-10-13)6-4-5-11(2)14/h7-11H,3-6,14H2,1-2H3. The second-order valence-corrected chi connectivity index (χ2v) is 6.70. The maximum atomic E-state index is 11.6. The average Bonchev–Trinajstić information content (AvgIpc) is 2.29. The Morgan fingerprint density at radius 3 is 2.29 bits per heavy atom. The van der Waals surface area contributed by atoms with E-state index in [4.69, 9.17) is 5.73 Å². The summed E-state index contributed by atoms with van der Waals surface area (Å²) in [5, 5.41) is 0. The maximum absolute atomic E-state index is 11.6. The molecule has 0 fully saturated rings. The summed E-state index contributed by atoms with van der Waals surface area (Å²) >= 11 is 0. The van der Waals surface area contributed by atoms with Gasteiger partial charge in [-0.2, -0.15) is 0 Å². The number of rotatable bonds is 6. The van der Waals surface area contributed by atoms with Crippen molar-refractivity contribution < 1.29 is 8.42 Å². The number of hydrogen-bond acceptors (Lipinski definition) is 3. The van der Waals surface area contributed by atoms with E-state index in [0.29, 0.717) is 4.90 Å². The molecule has 0 aliphatic rings. The quantitative estimate of drug-likeness (QED) is 0.847. The van der Waals surface area contributed by atoms with Gasteiger partial charge in [-0.3, -0.25) is 0 Å². The molecule has 1 aromatic rings. The molecule has 0 aliphatic carbocycles. The van der Waals surface area contributed by atoms with E-state index in [9.17, 15) is 8.42 Å². The molecule has 17 heavy (non-hydrogen) atoms. The molecule has 0 heterocycles. The Hall–Kier alpha value is -0.870.